The maximum atomic E-state index is 11.4. The van der Waals surface area contributed by atoms with Crippen LogP contribution in [0.2, 0.25) is 0 Å². The summed E-state index contributed by atoms with van der Waals surface area (Å²) in [5, 5.41) is 2.76. The predicted molar refractivity (Wildman–Crippen MR) is 72.9 cm³/mol. The Morgan fingerprint density at radius 1 is 1.59 bits per heavy atom. The second-order valence-electron chi connectivity index (χ2n) is 3.78. The minimum Gasteiger partial charge on any atom is -0.301 e. The normalized spacial score (nSPS) is 12.6. The quantitative estimate of drug-likeness (QED) is 0.867. The third-order valence-electron chi connectivity index (χ3n) is 2.45. The zero-order valence-electron chi connectivity index (χ0n) is 9.66. The largest absolute Gasteiger partial charge is 0.301 e. The summed E-state index contributed by atoms with van der Waals surface area (Å²) in [6, 6.07) is 6.13. The molecule has 3 nitrogen and oxygen atoms in total. The van der Waals surface area contributed by atoms with Crippen LogP contribution in [0.5, 0.6) is 0 Å². The van der Waals surface area contributed by atoms with E-state index in [1.54, 1.807) is 6.92 Å². The van der Waals surface area contributed by atoms with Crippen LogP contribution in [0.15, 0.2) is 18.2 Å². The lowest BCUT2D eigenvalue weighted by atomic mass is 10.2. The monoisotopic (exact) mass is 268 g/mol. The lowest BCUT2D eigenvalue weighted by Crippen LogP contribution is -2.19. The van der Waals surface area contributed by atoms with E-state index < -0.39 is 5.38 Å². The van der Waals surface area contributed by atoms with E-state index in [4.69, 9.17) is 11.6 Å². The number of carbonyl (C=O) groups is 1. The first kappa shape index (κ1) is 12.3. The van der Waals surface area contributed by atoms with E-state index in [2.05, 4.69) is 29.4 Å². The van der Waals surface area contributed by atoms with Gasteiger partial charge in [0.15, 0.2) is 5.13 Å². The van der Waals surface area contributed by atoms with Gasteiger partial charge in [-0.3, -0.25) is 4.79 Å². The molecule has 2 rings (SSSR count). The van der Waals surface area contributed by atoms with Crippen LogP contribution in [0.1, 0.15) is 19.4 Å². The van der Waals surface area contributed by atoms with Crippen molar-refractivity contribution < 1.29 is 4.79 Å². The molecule has 0 bridgehead atoms. The Labute approximate surface area is 109 Å². The fourth-order valence-corrected chi connectivity index (χ4v) is 2.43. The Kier molecular flexibility index (Phi) is 3.64. The van der Waals surface area contributed by atoms with Gasteiger partial charge in [-0.15, -0.1) is 11.6 Å². The molecule has 0 saturated carbocycles. The fourth-order valence-electron chi connectivity index (χ4n) is 1.45. The van der Waals surface area contributed by atoms with Crippen LogP contribution in [-0.4, -0.2) is 16.3 Å². The number of aryl methyl sites for hydroxylation is 1. The summed E-state index contributed by atoms with van der Waals surface area (Å²) in [7, 11) is 0. The highest BCUT2D eigenvalue weighted by atomic mass is 35.5. The topological polar surface area (TPSA) is 42.0 Å². The van der Waals surface area contributed by atoms with Crippen LogP contribution < -0.4 is 5.32 Å². The number of halogens is 1. The van der Waals surface area contributed by atoms with Gasteiger partial charge in [-0.25, -0.2) is 4.98 Å². The number of nitrogens with one attached hydrogen (secondary N) is 1. The molecule has 1 aromatic carbocycles. The Balaban J connectivity index is 2.28. The summed E-state index contributed by atoms with van der Waals surface area (Å²) >= 11 is 7.16. The number of rotatable bonds is 3. The predicted octanol–water partition coefficient (Wildman–Crippen LogP) is 3.42. The Bertz CT molecular complexity index is 550. The molecule has 0 fully saturated rings. The maximum Gasteiger partial charge on any atom is 0.243 e. The molecule has 0 aliphatic rings. The summed E-state index contributed by atoms with van der Waals surface area (Å²) in [5.74, 6) is -0.221. The average molecular weight is 269 g/mol. The SMILES string of the molecule is CCc1ccc2nc(NC(=O)C(C)Cl)sc2c1. The van der Waals surface area contributed by atoms with Crippen molar-refractivity contribution >= 4 is 44.2 Å². The van der Waals surface area contributed by atoms with Crippen molar-refractivity contribution in [2.24, 2.45) is 0 Å². The lowest BCUT2D eigenvalue weighted by Gasteiger charge is -2.01. The van der Waals surface area contributed by atoms with Gasteiger partial charge in [-0.1, -0.05) is 24.3 Å². The molecular weight excluding hydrogens is 256 g/mol. The standard InChI is InChI=1S/C12H13ClN2OS/c1-3-8-4-5-9-10(6-8)17-12(14-9)15-11(16)7(2)13/h4-7H,3H2,1-2H3,(H,14,15,16). The molecule has 1 unspecified atom stereocenters. The van der Waals surface area contributed by atoms with E-state index in [9.17, 15) is 4.79 Å². The van der Waals surface area contributed by atoms with Crippen molar-refractivity contribution in [1.29, 1.82) is 0 Å². The van der Waals surface area contributed by atoms with Gasteiger partial charge in [0.2, 0.25) is 5.91 Å². The number of amides is 1. The van der Waals surface area contributed by atoms with Crippen LogP contribution in [0.25, 0.3) is 10.2 Å². The van der Waals surface area contributed by atoms with Gasteiger partial charge in [-0.05, 0) is 31.0 Å². The number of hydrogen-bond acceptors (Lipinski definition) is 3. The highest BCUT2D eigenvalue weighted by Crippen LogP contribution is 2.27. The van der Waals surface area contributed by atoms with Gasteiger partial charge in [-0.2, -0.15) is 0 Å². The summed E-state index contributed by atoms with van der Waals surface area (Å²) in [5.41, 5.74) is 2.18. The second kappa shape index (κ2) is 5.02. The van der Waals surface area contributed by atoms with Gasteiger partial charge in [0.05, 0.1) is 10.2 Å². The van der Waals surface area contributed by atoms with Crippen LogP contribution in [0.3, 0.4) is 0 Å². The smallest absolute Gasteiger partial charge is 0.243 e. The summed E-state index contributed by atoms with van der Waals surface area (Å²) < 4.78 is 1.09. The molecule has 0 aliphatic heterocycles. The number of thiazole rings is 1. The molecule has 2 aromatic rings. The highest BCUT2D eigenvalue weighted by Gasteiger charge is 2.12. The second-order valence-corrected chi connectivity index (χ2v) is 5.47. The Morgan fingerprint density at radius 2 is 2.35 bits per heavy atom. The molecule has 0 spiro atoms. The minimum atomic E-state index is -0.548. The van der Waals surface area contributed by atoms with Crippen molar-refractivity contribution in [2.45, 2.75) is 25.6 Å². The molecule has 1 aromatic heterocycles. The Morgan fingerprint density at radius 3 is 3.00 bits per heavy atom. The summed E-state index contributed by atoms with van der Waals surface area (Å²) in [6.45, 7) is 3.75. The highest BCUT2D eigenvalue weighted by molar-refractivity contribution is 7.22. The number of aromatic nitrogens is 1. The van der Waals surface area contributed by atoms with Gasteiger partial charge >= 0.3 is 0 Å². The van der Waals surface area contributed by atoms with Gasteiger partial charge in [0, 0.05) is 0 Å². The third-order valence-corrected chi connectivity index (χ3v) is 3.58. The number of anilines is 1. The van der Waals surface area contributed by atoms with Gasteiger partial charge in [0.1, 0.15) is 5.38 Å². The lowest BCUT2D eigenvalue weighted by molar-refractivity contribution is -0.115. The average Bonchev–Trinajstić information content (AvgIpc) is 2.69. The molecular formula is C12H13ClN2OS. The first-order valence-electron chi connectivity index (χ1n) is 5.44. The number of carbonyl (C=O) groups excluding carboxylic acids is 1. The van der Waals surface area contributed by atoms with Crippen molar-refractivity contribution in [1.82, 2.24) is 4.98 Å². The molecule has 0 aliphatic carbocycles. The molecule has 17 heavy (non-hydrogen) atoms. The first-order chi connectivity index (χ1) is 8.10. The maximum absolute atomic E-state index is 11.4. The van der Waals surface area contributed by atoms with E-state index in [0.29, 0.717) is 5.13 Å². The van der Waals surface area contributed by atoms with Crippen LogP contribution in [0, 0.1) is 0 Å². The molecule has 1 heterocycles. The summed E-state index contributed by atoms with van der Waals surface area (Å²) in [4.78, 5) is 15.8. The zero-order chi connectivity index (χ0) is 12.4. The van der Waals surface area contributed by atoms with E-state index in [1.165, 1.54) is 16.9 Å². The van der Waals surface area contributed by atoms with Crippen LogP contribution >= 0.6 is 22.9 Å². The van der Waals surface area contributed by atoms with E-state index in [0.717, 1.165) is 16.6 Å². The molecule has 1 N–H and O–H groups in total. The van der Waals surface area contributed by atoms with E-state index in [-0.39, 0.29) is 5.91 Å². The third kappa shape index (κ3) is 2.76. The summed E-state index contributed by atoms with van der Waals surface area (Å²) in [6.07, 6.45) is 0.994. The number of fused-ring (bicyclic) bond motifs is 1. The van der Waals surface area contributed by atoms with Crippen molar-refractivity contribution in [3.05, 3.63) is 23.8 Å². The number of benzene rings is 1. The number of nitrogens with zero attached hydrogens (tertiary/aromatic N) is 1. The van der Waals surface area contributed by atoms with Crippen molar-refractivity contribution in [2.75, 3.05) is 5.32 Å². The molecule has 90 valence electrons. The first-order valence-corrected chi connectivity index (χ1v) is 6.70. The van der Waals surface area contributed by atoms with E-state index in [1.807, 2.05) is 6.07 Å². The van der Waals surface area contributed by atoms with Crippen LogP contribution in [-0.2, 0) is 11.2 Å². The van der Waals surface area contributed by atoms with Gasteiger partial charge < -0.3 is 5.32 Å². The zero-order valence-corrected chi connectivity index (χ0v) is 11.2. The van der Waals surface area contributed by atoms with E-state index >= 15 is 0 Å². The molecule has 5 heteroatoms. The minimum absolute atomic E-state index is 0.221. The number of hydrogen-bond donors (Lipinski definition) is 1. The fraction of sp³-hybridized carbons (Fsp3) is 0.333. The Hall–Kier alpha value is -1.13. The van der Waals surface area contributed by atoms with Crippen molar-refractivity contribution in [3.63, 3.8) is 0 Å². The van der Waals surface area contributed by atoms with Crippen LogP contribution in [0.4, 0.5) is 5.13 Å². The molecule has 1 amide bonds. The molecule has 0 saturated heterocycles. The van der Waals surface area contributed by atoms with Crippen molar-refractivity contribution in [3.8, 4) is 0 Å². The number of alkyl halides is 1. The van der Waals surface area contributed by atoms with Gasteiger partial charge in [0.25, 0.3) is 0 Å². The molecule has 1 atom stereocenters. The molecule has 0 radical (unpaired) electrons.